The zero-order chi connectivity index (χ0) is 21.0. The first-order valence-corrected chi connectivity index (χ1v) is 12.4. The minimum absolute atomic E-state index is 0.0277. The van der Waals surface area contributed by atoms with Gasteiger partial charge in [0.25, 0.3) is 0 Å². The number of hydrogen-bond acceptors (Lipinski definition) is 5. The Kier molecular flexibility index (Phi) is 7.79. The number of esters is 1. The summed E-state index contributed by atoms with van der Waals surface area (Å²) < 4.78 is 17.1. The maximum absolute atomic E-state index is 11.9. The summed E-state index contributed by atoms with van der Waals surface area (Å²) in [7, 11) is -0.275. The van der Waals surface area contributed by atoms with Crippen LogP contribution in [0.1, 0.15) is 47.1 Å². The molecule has 0 spiro atoms. The van der Waals surface area contributed by atoms with Crippen LogP contribution < -0.4 is 10.1 Å². The van der Waals surface area contributed by atoms with Gasteiger partial charge >= 0.3 is 5.97 Å². The van der Waals surface area contributed by atoms with Gasteiger partial charge in [-0.1, -0.05) is 32.4 Å². The van der Waals surface area contributed by atoms with Crippen LogP contribution in [-0.2, 0) is 20.6 Å². The van der Waals surface area contributed by atoms with Gasteiger partial charge < -0.3 is 19.2 Å². The molecule has 0 saturated carbocycles. The highest BCUT2D eigenvalue weighted by Gasteiger charge is 2.37. The van der Waals surface area contributed by atoms with Crippen molar-refractivity contribution in [1.82, 2.24) is 0 Å². The number of carbonyl (C=O) groups is 1. The Balaban J connectivity index is 2.88. The molecule has 154 valence electrons. The van der Waals surface area contributed by atoms with Gasteiger partial charge in [-0.25, -0.2) is 0 Å². The molecule has 0 aliphatic carbocycles. The van der Waals surface area contributed by atoms with E-state index >= 15 is 0 Å². The third-order valence-corrected chi connectivity index (χ3v) is 9.40. The van der Waals surface area contributed by atoms with Crippen LogP contribution in [0, 0.1) is 0 Å². The first kappa shape index (κ1) is 23.8. The van der Waals surface area contributed by atoms with Crippen molar-refractivity contribution in [1.29, 1.82) is 0 Å². The quantitative estimate of drug-likeness (QED) is 0.462. The number of methoxy groups -OCH3 is 1. The molecule has 1 N–H and O–H groups in total. The second-order valence-corrected chi connectivity index (χ2v) is 14.3. The lowest BCUT2D eigenvalue weighted by Gasteiger charge is -2.36. The van der Waals surface area contributed by atoms with Crippen molar-refractivity contribution in [3.63, 3.8) is 0 Å². The summed E-state index contributed by atoms with van der Waals surface area (Å²) in [6.07, 6.45) is 0. The van der Waals surface area contributed by atoms with Gasteiger partial charge in [-0.2, -0.15) is 0 Å². The summed E-state index contributed by atoms with van der Waals surface area (Å²) in [5, 5.41) is 3.65. The van der Waals surface area contributed by atoms with E-state index in [2.05, 4.69) is 39.2 Å². The van der Waals surface area contributed by atoms with Gasteiger partial charge in [-0.3, -0.25) is 4.79 Å². The Labute approximate surface area is 169 Å². The molecule has 0 aromatic heterocycles. The van der Waals surface area contributed by atoms with Gasteiger partial charge in [0.2, 0.25) is 0 Å². The zero-order valence-electron chi connectivity index (χ0n) is 18.1. The van der Waals surface area contributed by atoms with E-state index in [1.807, 2.05) is 26.8 Å². The van der Waals surface area contributed by atoms with E-state index in [0.29, 0.717) is 23.1 Å². The average Bonchev–Trinajstić information content (AvgIpc) is 2.49. The van der Waals surface area contributed by atoms with Crippen molar-refractivity contribution in [3.05, 3.63) is 22.7 Å². The molecule has 0 fully saturated rings. The SMILES string of the molecule is COc1cc(NCC(=O)OC(C)(C)C)c(Cl)cc1CO[Si](C)(C)C(C)(C)C. The fourth-order valence-corrected chi connectivity index (χ4v) is 3.25. The number of benzene rings is 1. The molecule has 0 bridgehead atoms. The van der Waals surface area contributed by atoms with Crippen LogP contribution in [0.15, 0.2) is 12.1 Å². The number of nitrogens with one attached hydrogen (secondary N) is 1. The predicted molar refractivity (Wildman–Crippen MR) is 114 cm³/mol. The molecule has 0 radical (unpaired) electrons. The van der Waals surface area contributed by atoms with Crippen LogP contribution >= 0.6 is 11.6 Å². The molecule has 1 rings (SSSR count). The molecular weight excluding hydrogens is 382 g/mol. The summed E-state index contributed by atoms with van der Waals surface area (Å²) in [4.78, 5) is 11.9. The van der Waals surface area contributed by atoms with E-state index in [1.165, 1.54) is 0 Å². The number of anilines is 1. The summed E-state index contributed by atoms with van der Waals surface area (Å²) in [5.41, 5.74) is 0.983. The van der Waals surface area contributed by atoms with Crippen LogP contribution in [0.4, 0.5) is 5.69 Å². The second kappa shape index (κ2) is 8.84. The molecular formula is C20H34ClNO4Si. The minimum Gasteiger partial charge on any atom is -0.496 e. The standard InChI is InChI=1S/C20H34ClNO4Si/c1-19(2,3)26-18(23)12-22-16-11-17(24-7)14(10-15(16)21)13-25-27(8,9)20(4,5)6/h10-11,22H,12-13H2,1-9H3. The normalized spacial score (nSPS) is 12.7. The van der Waals surface area contributed by atoms with Crippen LogP contribution in [-0.4, -0.2) is 33.5 Å². The van der Waals surface area contributed by atoms with Gasteiger partial charge in [0.15, 0.2) is 8.32 Å². The Bertz CT molecular complexity index is 663. The molecule has 7 heteroatoms. The highest BCUT2D eigenvalue weighted by atomic mass is 35.5. The predicted octanol–water partition coefficient (Wildman–Crippen LogP) is 5.62. The van der Waals surface area contributed by atoms with Crippen LogP contribution in [0.3, 0.4) is 0 Å². The number of ether oxygens (including phenoxy) is 2. The molecule has 0 aliphatic heterocycles. The lowest BCUT2D eigenvalue weighted by Crippen LogP contribution is -2.40. The fourth-order valence-electron chi connectivity index (χ4n) is 2.05. The summed E-state index contributed by atoms with van der Waals surface area (Å²) in [6, 6.07) is 3.61. The third-order valence-electron chi connectivity index (χ3n) is 4.61. The molecule has 0 amide bonds. The molecule has 0 unspecified atom stereocenters. The molecule has 0 heterocycles. The molecule has 0 aliphatic rings. The minimum atomic E-state index is -1.88. The molecule has 1 aromatic carbocycles. The monoisotopic (exact) mass is 415 g/mol. The lowest BCUT2D eigenvalue weighted by atomic mass is 10.2. The Morgan fingerprint density at radius 2 is 1.74 bits per heavy atom. The Morgan fingerprint density at radius 3 is 2.22 bits per heavy atom. The average molecular weight is 416 g/mol. The maximum Gasteiger partial charge on any atom is 0.325 e. The molecule has 0 atom stereocenters. The van der Waals surface area contributed by atoms with Crippen LogP contribution in [0.25, 0.3) is 0 Å². The van der Waals surface area contributed by atoms with Crippen molar-refractivity contribution in [2.75, 3.05) is 19.0 Å². The lowest BCUT2D eigenvalue weighted by molar-refractivity contribution is -0.152. The highest BCUT2D eigenvalue weighted by Crippen LogP contribution is 2.38. The van der Waals surface area contributed by atoms with Gasteiger partial charge in [0.1, 0.15) is 17.9 Å². The highest BCUT2D eigenvalue weighted by molar-refractivity contribution is 6.74. The molecule has 5 nitrogen and oxygen atoms in total. The first-order chi connectivity index (χ1) is 12.2. The Morgan fingerprint density at radius 1 is 1.15 bits per heavy atom. The van der Waals surface area contributed by atoms with Gasteiger partial charge in [0.05, 0.1) is 24.4 Å². The van der Waals surface area contributed by atoms with E-state index in [-0.39, 0.29) is 17.6 Å². The van der Waals surface area contributed by atoms with Gasteiger partial charge in [0, 0.05) is 11.6 Å². The maximum atomic E-state index is 11.9. The van der Waals surface area contributed by atoms with Crippen molar-refractivity contribution in [2.24, 2.45) is 0 Å². The smallest absolute Gasteiger partial charge is 0.325 e. The number of halogens is 1. The van der Waals surface area contributed by atoms with Crippen LogP contribution in [0.2, 0.25) is 23.2 Å². The zero-order valence-corrected chi connectivity index (χ0v) is 19.8. The largest absolute Gasteiger partial charge is 0.496 e. The fraction of sp³-hybridized carbons (Fsp3) is 0.650. The van der Waals surface area contributed by atoms with Gasteiger partial charge in [-0.05, 0) is 45.0 Å². The van der Waals surface area contributed by atoms with E-state index in [9.17, 15) is 4.79 Å². The third kappa shape index (κ3) is 7.35. The second-order valence-electron chi connectivity index (χ2n) is 9.13. The topological polar surface area (TPSA) is 56.8 Å². The van der Waals surface area contributed by atoms with Crippen molar-refractivity contribution in [2.45, 2.75) is 71.9 Å². The van der Waals surface area contributed by atoms with Crippen LogP contribution in [0.5, 0.6) is 5.75 Å². The molecule has 1 aromatic rings. The Hall–Kier alpha value is -1.24. The molecule has 0 saturated heterocycles. The van der Waals surface area contributed by atoms with Gasteiger partial charge in [-0.15, -0.1) is 0 Å². The van der Waals surface area contributed by atoms with E-state index < -0.39 is 13.9 Å². The van der Waals surface area contributed by atoms with Crippen molar-refractivity contribution >= 4 is 31.6 Å². The van der Waals surface area contributed by atoms with E-state index in [0.717, 1.165) is 5.56 Å². The number of carbonyl (C=O) groups excluding carboxylic acids is 1. The van der Waals surface area contributed by atoms with Crippen molar-refractivity contribution < 1.29 is 18.7 Å². The molecule has 27 heavy (non-hydrogen) atoms. The van der Waals surface area contributed by atoms with Crippen molar-refractivity contribution in [3.8, 4) is 5.75 Å². The summed E-state index contributed by atoms with van der Waals surface area (Å²) in [5.74, 6) is 0.327. The first-order valence-electron chi connectivity index (χ1n) is 9.12. The number of rotatable bonds is 7. The summed E-state index contributed by atoms with van der Waals surface area (Å²) in [6.45, 7) is 17.0. The summed E-state index contributed by atoms with van der Waals surface area (Å²) >= 11 is 6.40. The van der Waals surface area contributed by atoms with E-state index in [4.69, 9.17) is 25.5 Å². The number of hydrogen-bond donors (Lipinski definition) is 1. The van der Waals surface area contributed by atoms with E-state index in [1.54, 1.807) is 13.2 Å².